The minimum atomic E-state index is -0.959. The number of hydrogen-bond donors (Lipinski definition) is 17. The molecule has 6 aliphatic rings. The Balaban J connectivity index is 0.000000117. The number of esters is 2. The molecule has 6 unspecified atom stereocenters. The Hall–Kier alpha value is -18.0. The Labute approximate surface area is 841 Å². The Morgan fingerprint density at radius 3 is 0.898 bits per heavy atom. The minimum Gasteiger partial charge on any atom is -0.478 e. The van der Waals surface area contributed by atoms with Crippen molar-refractivity contribution in [1.29, 1.82) is 0 Å². The molecule has 746 valence electrons. The highest BCUT2D eigenvalue weighted by Crippen LogP contribution is 2.41. The number of carboxylic acids is 2. The topological polar surface area (TPSA) is 510 Å². The molecule has 0 radical (unpaired) electrons. The van der Waals surface area contributed by atoms with Crippen molar-refractivity contribution in [3.05, 3.63) is 367 Å². The zero-order chi connectivity index (χ0) is 103. The van der Waals surface area contributed by atoms with Gasteiger partial charge in [-0.1, -0.05) is 133 Å². The van der Waals surface area contributed by atoms with Gasteiger partial charge in [-0.05, 0) is 184 Å². The van der Waals surface area contributed by atoms with Gasteiger partial charge in [-0.2, -0.15) is 0 Å². The van der Waals surface area contributed by atoms with Crippen LogP contribution in [0.1, 0.15) is 233 Å². The number of aliphatic imine (C=N–C) groups is 4. The number of pyridine rings is 2. The van der Waals surface area contributed by atoms with Gasteiger partial charge in [-0.25, -0.2) is 35.6 Å². The van der Waals surface area contributed by atoms with Crippen LogP contribution < -0.4 is 43.2 Å². The first-order valence-corrected chi connectivity index (χ1v) is 47.8. The number of carbonyl (C=O) groups excluding carboxylic acids is 6. The number of amidine groups is 4. The molecule has 6 atom stereocenters. The number of hydrogen-bond acceptors (Lipinski definition) is 24. The van der Waals surface area contributed by atoms with Crippen LogP contribution in [0.2, 0.25) is 0 Å². The number of hydroxylamine groups is 4. The van der Waals surface area contributed by atoms with Gasteiger partial charge in [0, 0.05) is 164 Å². The highest BCUT2D eigenvalue weighted by molar-refractivity contribution is 6.14. The lowest BCUT2D eigenvalue weighted by Crippen LogP contribution is -2.33. The molecule has 0 spiro atoms. The third-order valence-corrected chi connectivity index (χ3v) is 26.2. The molecule has 0 aliphatic carbocycles. The summed E-state index contributed by atoms with van der Waals surface area (Å²) in [6, 6.07) is 69.0. The van der Waals surface area contributed by atoms with E-state index in [1.807, 2.05) is 146 Å². The number of aromatic nitrogens is 8. The summed E-state index contributed by atoms with van der Waals surface area (Å²) in [5.41, 5.74) is 34.5. The summed E-state index contributed by atoms with van der Waals surface area (Å²) in [6.07, 6.45) is 6.56. The number of benzene rings is 9. The molecule has 23 rings (SSSR count). The molecule has 0 bridgehead atoms. The summed E-state index contributed by atoms with van der Waals surface area (Å²) in [5.74, 6) is 0.469. The monoisotopic (exact) mass is 1970 g/mol. The van der Waals surface area contributed by atoms with E-state index in [9.17, 15) is 48.7 Å². The number of anilines is 2. The van der Waals surface area contributed by atoms with Crippen molar-refractivity contribution >= 4 is 148 Å². The van der Waals surface area contributed by atoms with Crippen LogP contribution in [-0.2, 0) is 43.8 Å². The Bertz CT molecular complexity index is 8010. The van der Waals surface area contributed by atoms with E-state index in [0.29, 0.717) is 127 Å². The Morgan fingerprint density at radius 1 is 0.333 bits per heavy atom. The number of rotatable bonds is 17. The van der Waals surface area contributed by atoms with Gasteiger partial charge in [-0.15, -0.1) is 0 Å². The number of ether oxygens (including phenoxy) is 2. The van der Waals surface area contributed by atoms with E-state index in [0.717, 1.165) is 138 Å². The fourth-order valence-corrected chi connectivity index (χ4v) is 18.9. The van der Waals surface area contributed by atoms with Crippen molar-refractivity contribution in [1.82, 2.24) is 72.4 Å². The van der Waals surface area contributed by atoms with Gasteiger partial charge >= 0.3 is 23.9 Å². The average Bonchev–Trinajstić information content (AvgIpc) is 1.65. The van der Waals surface area contributed by atoms with E-state index in [1.165, 1.54) is 20.3 Å². The number of carbonyl (C=O) groups is 8. The van der Waals surface area contributed by atoms with Crippen LogP contribution >= 0.6 is 0 Å². The second-order valence-electron chi connectivity index (χ2n) is 36.4. The molecule has 36 heteroatoms. The second-order valence-corrected chi connectivity index (χ2v) is 36.4. The normalized spacial score (nSPS) is 16.4. The molecule has 17 N–H and O–H groups in total. The molecule has 0 saturated carbocycles. The first-order valence-electron chi connectivity index (χ1n) is 47.8. The van der Waals surface area contributed by atoms with Gasteiger partial charge in [0.15, 0.2) is 23.3 Å². The molecule has 6 aliphatic heterocycles. The number of nitrogens with one attached hydrogen (secondary N) is 14. The molecule has 9 aromatic carbocycles. The van der Waals surface area contributed by atoms with Crippen molar-refractivity contribution in [2.45, 2.75) is 96.9 Å². The molecule has 8 aromatic heterocycles. The standard InChI is InChI=1S/C25H23N5O2.C21H21N3O3.C20H19N3O3.C18H17N5O2.C14H14N2O3.C13H12N2O3/c1-16-13-27-24(30-32-15-17-6-3-2-4-7-17)23-22(16)20-12-18(9-10-21(20)29-23)25(31)28-19-8-5-11-26-14-19;1-13-11-22-20(24-27-12-14-6-4-3-5-7-14)19-18(13)16-10-15(21(25)26-2)8-9-17(16)23-19;1-12-10-21-19(23-26-11-13-5-3-2-4-6-13)18-17(12)15-9-14(20(24)25)7-8-16(15)22-18;1-10-8-20-17(23-25)16-15(10)13-7-11(4-5-14(13)22-16)18(24)21-12-3-2-6-19-9-12;1-7-6-15-13(17)12-11(7)9-5-8(14(18)19-2)3-4-10(9)16-12;1-6-5-14-12(16)11-10(6)8-4-7(13(17)18)2-3-9(8)15-11/h2-12,14,16,29H,13,15H2,1H3,(H,27,30)(H,28,31);3-10,13,23H,11-12H2,1-2H3,(H,22,24);2-9,12,22H,10-11H2,1H3,(H,21,23)(H,24,25);2-7,9-10,22,25H,8H2,1H3,(H,20,23)(H,21,24);3-5,7,16H,6H2,1-2H3,(H,15,17);2-4,6,15H,5H2,1H3,(H,14,16)(H,17,18). The van der Waals surface area contributed by atoms with E-state index >= 15 is 0 Å². The minimum absolute atomic E-state index is 0.0936. The third kappa shape index (κ3) is 21.7. The third-order valence-electron chi connectivity index (χ3n) is 26.2. The number of aromatic amines is 6. The number of nitrogens with zero attached hydrogens (tertiary/aromatic N) is 6. The highest BCUT2D eigenvalue weighted by atomic mass is 16.7. The molecule has 36 nitrogen and oxygen atoms in total. The van der Waals surface area contributed by atoms with E-state index in [1.54, 1.807) is 104 Å². The summed E-state index contributed by atoms with van der Waals surface area (Å²) in [4.78, 5) is 157. The number of methoxy groups -OCH3 is 2. The van der Waals surface area contributed by atoms with Crippen LogP contribution in [0.3, 0.4) is 0 Å². The molecular weight excluding hydrogens is 1870 g/mol. The summed E-state index contributed by atoms with van der Waals surface area (Å²) in [5, 5.41) is 44.6. The molecule has 17 aromatic rings. The number of amides is 4. The second kappa shape index (κ2) is 44.2. The van der Waals surface area contributed by atoms with Gasteiger partial charge in [0.05, 0.1) is 103 Å². The van der Waals surface area contributed by atoms with Crippen molar-refractivity contribution in [3.63, 3.8) is 0 Å². The number of H-pyrrole nitrogens is 6. The maximum absolute atomic E-state index is 12.8. The van der Waals surface area contributed by atoms with Crippen LogP contribution in [0.25, 0.3) is 65.4 Å². The zero-order valence-corrected chi connectivity index (χ0v) is 81.3. The predicted octanol–water partition coefficient (Wildman–Crippen LogP) is 17.6. The summed E-state index contributed by atoms with van der Waals surface area (Å²) in [6.45, 7) is 17.5. The van der Waals surface area contributed by atoms with Crippen molar-refractivity contribution in [2.24, 2.45) is 20.0 Å². The lowest BCUT2D eigenvalue weighted by Gasteiger charge is -2.20. The fourth-order valence-electron chi connectivity index (χ4n) is 18.9. The van der Waals surface area contributed by atoms with Gasteiger partial charge in [0.25, 0.3) is 23.6 Å². The van der Waals surface area contributed by atoms with Gasteiger partial charge in [0.1, 0.15) is 11.4 Å². The fraction of sp³-hybridized carbons (Fsp3) is 0.207. The largest absolute Gasteiger partial charge is 0.478 e. The number of carboxylic acid groups (broad SMARTS) is 2. The highest BCUT2D eigenvalue weighted by Gasteiger charge is 2.34. The van der Waals surface area contributed by atoms with Gasteiger partial charge in [0.2, 0.25) is 0 Å². The van der Waals surface area contributed by atoms with Gasteiger partial charge < -0.3 is 70.9 Å². The number of fused-ring (bicyclic) bond motifs is 18. The van der Waals surface area contributed by atoms with Crippen LogP contribution in [0.15, 0.2) is 269 Å². The lowest BCUT2D eigenvalue weighted by molar-refractivity contribution is 0.0592. The summed E-state index contributed by atoms with van der Waals surface area (Å²) in [7, 11) is 2.75. The molecular formula is C111H106N20O16. The Morgan fingerprint density at radius 2 is 0.605 bits per heavy atom. The first-order chi connectivity index (χ1) is 71.3. The molecule has 147 heavy (non-hydrogen) atoms. The average molecular weight is 1980 g/mol. The van der Waals surface area contributed by atoms with Crippen LogP contribution in [0.4, 0.5) is 11.4 Å². The van der Waals surface area contributed by atoms with Crippen molar-refractivity contribution in [3.8, 4) is 0 Å². The van der Waals surface area contributed by atoms with Crippen LogP contribution in [-0.4, -0.2) is 180 Å². The quantitative estimate of drug-likeness (QED) is 0.0297. The number of aromatic carboxylic acids is 2. The van der Waals surface area contributed by atoms with Crippen LogP contribution in [0.5, 0.6) is 0 Å². The molecule has 0 fully saturated rings. The van der Waals surface area contributed by atoms with E-state index in [-0.39, 0.29) is 82.2 Å². The van der Waals surface area contributed by atoms with E-state index < -0.39 is 11.9 Å². The maximum Gasteiger partial charge on any atom is 0.337 e. The van der Waals surface area contributed by atoms with E-state index in [4.69, 9.17) is 29.1 Å². The molecule has 4 amide bonds. The van der Waals surface area contributed by atoms with Crippen molar-refractivity contribution in [2.75, 3.05) is 64.1 Å². The lowest BCUT2D eigenvalue weighted by atomic mass is 9.94. The van der Waals surface area contributed by atoms with Crippen molar-refractivity contribution < 1.29 is 77.8 Å². The first kappa shape index (κ1) is 99.2. The van der Waals surface area contributed by atoms with E-state index in [2.05, 4.69) is 138 Å². The molecule has 0 saturated heterocycles. The van der Waals surface area contributed by atoms with Crippen LogP contribution in [0, 0.1) is 0 Å². The zero-order valence-electron chi connectivity index (χ0n) is 81.3. The SMILES string of the molecule is CC1CN=C(NO)c2[nH]c3ccc(C(=O)Nc4cccnc4)cc3c21.CC1CN=C(NOCc2ccccc2)c2[nH]c3ccc(C(=O)Nc4cccnc4)cc3c21.CC1CN=C(NOCc2ccccc2)c2[nH]c3ccc(C(=O)O)cc3c21.CC1CNC(=O)c2[nH]c3ccc(C(=O)O)cc3c21.COC(=O)c1ccc2[nH]c3c(c2c1)C(C)CN=C3NOCc1ccccc1.COC(=O)c1ccc2[nH]c3c(c2c1)C(C)CNC3=O. The maximum atomic E-state index is 12.8. The smallest absolute Gasteiger partial charge is 0.337 e. The summed E-state index contributed by atoms with van der Waals surface area (Å²) < 4.78 is 9.57. The van der Waals surface area contributed by atoms with Gasteiger partial charge in [-0.3, -0.25) is 74.3 Å². The molecule has 14 heterocycles. The summed E-state index contributed by atoms with van der Waals surface area (Å²) >= 11 is 0. The Kier molecular flexibility index (Phi) is 29.8. The predicted molar refractivity (Wildman–Crippen MR) is 560 cm³/mol.